The molecule has 5 rings (SSSR count). The highest BCUT2D eigenvalue weighted by Gasteiger charge is 2.55. The standard InChI is InChI=1S/C25H30FN3O3/c26-20-9-4-3-8-17(20)12-27-25(32)24-19(15-30)18-14-28-21(10-5-11-22(28)31)23(18)29(24)13-16-6-1-2-7-16/h3-5,8-11,16,18-19,23-24,30H,1-2,6-7,12-15H2,(H,27,32)/t18-,19-,23+,24-/m0/s1. The van der Waals surface area contributed by atoms with Crippen molar-refractivity contribution in [2.24, 2.45) is 17.8 Å². The van der Waals surface area contributed by atoms with Crippen molar-refractivity contribution in [1.29, 1.82) is 0 Å². The molecule has 7 heteroatoms. The van der Waals surface area contributed by atoms with Gasteiger partial charge in [-0.3, -0.25) is 14.5 Å². The molecule has 0 spiro atoms. The molecule has 2 fully saturated rings. The Morgan fingerprint density at radius 1 is 1.12 bits per heavy atom. The molecule has 170 valence electrons. The summed E-state index contributed by atoms with van der Waals surface area (Å²) in [4.78, 5) is 28.1. The number of pyridine rings is 1. The second kappa shape index (κ2) is 8.79. The van der Waals surface area contributed by atoms with Crippen LogP contribution < -0.4 is 10.9 Å². The van der Waals surface area contributed by atoms with E-state index in [-0.39, 0.29) is 48.3 Å². The van der Waals surface area contributed by atoms with Crippen LogP contribution in [-0.2, 0) is 17.9 Å². The summed E-state index contributed by atoms with van der Waals surface area (Å²) in [5.41, 5.74) is 1.34. The summed E-state index contributed by atoms with van der Waals surface area (Å²) in [5.74, 6) is -0.281. The molecule has 0 unspecified atom stereocenters. The third kappa shape index (κ3) is 3.67. The average Bonchev–Trinajstić information content (AvgIpc) is 3.50. The Bertz CT molecular complexity index is 1050. The van der Waals surface area contributed by atoms with Crippen LogP contribution in [0.3, 0.4) is 0 Å². The molecule has 4 atom stereocenters. The van der Waals surface area contributed by atoms with Gasteiger partial charge in [0.25, 0.3) is 5.56 Å². The molecule has 2 N–H and O–H groups in total. The number of fused-ring (bicyclic) bond motifs is 3. The van der Waals surface area contributed by atoms with Gasteiger partial charge in [-0.05, 0) is 30.9 Å². The number of nitrogens with one attached hydrogen (secondary N) is 1. The van der Waals surface area contributed by atoms with Crippen LogP contribution in [0.2, 0.25) is 0 Å². The minimum atomic E-state index is -0.494. The Morgan fingerprint density at radius 3 is 2.66 bits per heavy atom. The Labute approximate surface area is 187 Å². The lowest BCUT2D eigenvalue weighted by Crippen LogP contribution is -2.49. The maximum absolute atomic E-state index is 14.1. The molecule has 0 bridgehead atoms. The number of carbonyl (C=O) groups excluding carboxylic acids is 1. The van der Waals surface area contributed by atoms with Crippen LogP contribution in [0, 0.1) is 23.6 Å². The first kappa shape index (κ1) is 21.3. The third-order valence-corrected chi connectivity index (χ3v) is 7.69. The number of amides is 1. The van der Waals surface area contributed by atoms with Crippen LogP contribution in [0.15, 0.2) is 47.3 Å². The van der Waals surface area contributed by atoms with Crippen LogP contribution in [0.25, 0.3) is 0 Å². The molecule has 3 aliphatic rings. The van der Waals surface area contributed by atoms with Crippen LogP contribution in [0.4, 0.5) is 4.39 Å². The van der Waals surface area contributed by atoms with Crippen LogP contribution in [0.1, 0.15) is 43.0 Å². The monoisotopic (exact) mass is 439 g/mol. The summed E-state index contributed by atoms with van der Waals surface area (Å²) in [6.07, 6.45) is 4.69. The lowest BCUT2D eigenvalue weighted by atomic mass is 9.88. The highest BCUT2D eigenvalue weighted by Crippen LogP contribution is 2.49. The summed E-state index contributed by atoms with van der Waals surface area (Å²) in [5, 5.41) is 13.3. The number of hydrogen-bond acceptors (Lipinski definition) is 4. The quantitative estimate of drug-likeness (QED) is 0.725. The number of aliphatic hydroxyl groups excluding tert-OH is 1. The van der Waals surface area contributed by atoms with E-state index in [1.165, 1.54) is 18.9 Å². The average molecular weight is 440 g/mol. The van der Waals surface area contributed by atoms with E-state index in [1.807, 2.05) is 6.07 Å². The smallest absolute Gasteiger partial charge is 0.250 e. The Kier molecular flexibility index (Phi) is 5.86. The van der Waals surface area contributed by atoms with E-state index in [9.17, 15) is 19.1 Å². The zero-order valence-corrected chi connectivity index (χ0v) is 18.1. The fourth-order valence-corrected chi connectivity index (χ4v) is 6.19. The predicted octanol–water partition coefficient (Wildman–Crippen LogP) is 2.46. The maximum atomic E-state index is 14.1. The van der Waals surface area contributed by atoms with Crippen molar-refractivity contribution in [3.8, 4) is 0 Å². The van der Waals surface area contributed by atoms with Gasteiger partial charge in [0.05, 0.1) is 12.1 Å². The molecule has 1 amide bonds. The topological polar surface area (TPSA) is 74.6 Å². The summed E-state index contributed by atoms with van der Waals surface area (Å²) < 4.78 is 15.9. The second-order valence-electron chi connectivity index (χ2n) is 9.46. The van der Waals surface area contributed by atoms with Gasteiger partial charge in [0.1, 0.15) is 5.82 Å². The maximum Gasteiger partial charge on any atom is 0.250 e. The number of aromatic nitrogens is 1. The van der Waals surface area contributed by atoms with Crippen molar-refractivity contribution in [3.63, 3.8) is 0 Å². The molecule has 0 radical (unpaired) electrons. The van der Waals surface area contributed by atoms with Crippen LogP contribution in [0.5, 0.6) is 0 Å². The van der Waals surface area contributed by atoms with E-state index >= 15 is 0 Å². The lowest BCUT2D eigenvalue weighted by molar-refractivity contribution is -0.128. The first-order valence-corrected chi connectivity index (χ1v) is 11.7. The Morgan fingerprint density at radius 2 is 1.91 bits per heavy atom. The summed E-state index contributed by atoms with van der Waals surface area (Å²) in [7, 11) is 0. The molecule has 1 aliphatic carbocycles. The summed E-state index contributed by atoms with van der Waals surface area (Å²) in [6, 6.07) is 11.2. The zero-order valence-electron chi connectivity index (χ0n) is 18.1. The highest BCUT2D eigenvalue weighted by atomic mass is 19.1. The minimum absolute atomic E-state index is 0.000662. The number of rotatable bonds is 6. The van der Waals surface area contributed by atoms with Crippen LogP contribution >= 0.6 is 0 Å². The largest absolute Gasteiger partial charge is 0.396 e. The summed E-state index contributed by atoms with van der Waals surface area (Å²) >= 11 is 0. The number of carbonyl (C=O) groups is 1. The zero-order chi connectivity index (χ0) is 22.2. The van der Waals surface area contributed by atoms with Gasteiger partial charge in [0, 0.05) is 55.4 Å². The van der Waals surface area contributed by atoms with Gasteiger partial charge < -0.3 is 15.0 Å². The highest BCUT2D eigenvalue weighted by molar-refractivity contribution is 5.82. The molecule has 6 nitrogen and oxygen atoms in total. The molecular formula is C25H30FN3O3. The van der Waals surface area contributed by atoms with Crippen molar-refractivity contribution >= 4 is 5.91 Å². The summed E-state index contributed by atoms with van der Waals surface area (Å²) in [6.45, 7) is 1.29. The van der Waals surface area contributed by atoms with E-state index in [4.69, 9.17) is 0 Å². The van der Waals surface area contributed by atoms with Crippen LogP contribution in [-0.4, -0.2) is 39.7 Å². The fraction of sp³-hybridized carbons (Fsp3) is 0.520. The number of hydrogen-bond donors (Lipinski definition) is 2. The normalized spacial score (nSPS) is 27.4. The van der Waals surface area contributed by atoms with Gasteiger partial charge in [-0.15, -0.1) is 0 Å². The Balaban J connectivity index is 1.45. The molecular weight excluding hydrogens is 409 g/mol. The number of benzene rings is 1. The number of nitrogens with zero attached hydrogens (tertiary/aromatic N) is 2. The van der Waals surface area contributed by atoms with E-state index in [2.05, 4.69) is 10.2 Å². The van der Waals surface area contributed by atoms with Crippen molar-refractivity contribution < 1.29 is 14.3 Å². The predicted molar refractivity (Wildman–Crippen MR) is 118 cm³/mol. The van der Waals surface area contributed by atoms with Crippen molar-refractivity contribution in [2.75, 3.05) is 13.2 Å². The minimum Gasteiger partial charge on any atom is -0.396 e. The molecule has 1 aromatic carbocycles. The molecule has 2 aliphatic heterocycles. The molecule has 1 aromatic heterocycles. The molecule has 2 aromatic rings. The molecule has 1 saturated heterocycles. The van der Waals surface area contributed by atoms with E-state index in [0.29, 0.717) is 18.0 Å². The number of aliphatic hydroxyl groups is 1. The van der Waals surface area contributed by atoms with E-state index < -0.39 is 6.04 Å². The number of halogens is 1. The van der Waals surface area contributed by atoms with Gasteiger partial charge in [-0.1, -0.05) is 37.1 Å². The van der Waals surface area contributed by atoms with Gasteiger partial charge in [-0.25, -0.2) is 4.39 Å². The van der Waals surface area contributed by atoms with E-state index in [1.54, 1.807) is 34.9 Å². The van der Waals surface area contributed by atoms with E-state index in [0.717, 1.165) is 25.1 Å². The van der Waals surface area contributed by atoms with Gasteiger partial charge in [0.2, 0.25) is 5.91 Å². The number of likely N-dealkylation sites (tertiary alicyclic amines) is 1. The van der Waals surface area contributed by atoms with Gasteiger partial charge in [0.15, 0.2) is 0 Å². The first-order chi connectivity index (χ1) is 15.6. The first-order valence-electron chi connectivity index (χ1n) is 11.7. The van der Waals surface area contributed by atoms with Crippen molar-refractivity contribution in [3.05, 3.63) is 69.9 Å². The SMILES string of the molecule is O=C(NCc1ccccc1F)[C@@H]1[C@@H](CO)[C@@H]2Cn3c(cccc3=O)[C@@H]2N1CC1CCCC1. The third-order valence-electron chi connectivity index (χ3n) is 7.69. The fourth-order valence-electron chi connectivity index (χ4n) is 6.19. The molecule has 1 saturated carbocycles. The molecule has 32 heavy (non-hydrogen) atoms. The second-order valence-corrected chi connectivity index (χ2v) is 9.46. The Hall–Kier alpha value is -2.51. The van der Waals surface area contributed by atoms with Gasteiger partial charge in [-0.2, -0.15) is 0 Å². The molecule has 3 heterocycles. The van der Waals surface area contributed by atoms with Crippen molar-refractivity contribution in [2.45, 2.75) is 50.9 Å². The van der Waals surface area contributed by atoms with Crippen molar-refractivity contribution in [1.82, 2.24) is 14.8 Å². The van der Waals surface area contributed by atoms with Gasteiger partial charge >= 0.3 is 0 Å². The lowest BCUT2D eigenvalue weighted by Gasteiger charge is -2.32.